The fourth-order valence-electron chi connectivity index (χ4n) is 3.33. The zero-order valence-corrected chi connectivity index (χ0v) is 12.4. The standard InChI is InChI=1S/C15H16BrNO2/c1-2-9-7-10-11(8-9)15(19)17(14(10)18)13-6-4-3-5-12(13)16/h3-6,9-11H,2,7-8H2,1H3. The minimum Gasteiger partial charge on any atom is -0.274 e. The van der Waals surface area contributed by atoms with E-state index in [1.165, 1.54) is 4.90 Å². The molecule has 1 heterocycles. The van der Waals surface area contributed by atoms with Gasteiger partial charge in [0.15, 0.2) is 0 Å². The third-order valence-electron chi connectivity index (χ3n) is 4.41. The van der Waals surface area contributed by atoms with Crippen LogP contribution in [0.4, 0.5) is 5.69 Å². The van der Waals surface area contributed by atoms with E-state index in [-0.39, 0.29) is 23.7 Å². The Labute approximate surface area is 121 Å². The highest BCUT2D eigenvalue weighted by molar-refractivity contribution is 9.10. The average molecular weight is 322 g/mol. The molecule has 0 aromatic heterocycles. The molecule has 4 heteroatoms. The topological polar surface area (TPSA) is 37.4 Å². The Morgan fingerprint density at radius 2 is 1.74 bits per heavy atom. The predicted molar refractivity (Wildman–Crippen MR) is 76.6 cm³/mol. The summed E-state index contributed by atoms with van der Waals surface area (Å²) in [6.45, 7) is 2.13. The third-order valence-corrected chi connectivity index (χ3v) is 5.08. The van der Waals surface area contributed by atoms with E-state index >= 15 is 0 Å². The third kappa shape index (κ3) is 1.93. The van der Waals surface area contributed by atoms with Crippen molar-refractivity contribution < 1.29 is 9.59 Å². The smallest absolute Gasteiger partial charge is 0.237 e. The Bertz CT molecular complexity index is 519. The van der Waals surface area contributed by atoms with E-state index in [4.69, 9.17) is 0 Å². The summed E-state index contributed by atoms with van der Waals surface area (Å²) in [6, 6.07) is 7.41. The van der Waals surface area contributed by atoms with Crippen molar-refractivity contribution >= 4 is 33.4 Å². The van der Waals surface area contributed by atoms with Gasteiger partial charge in [0.25, 0.3) is 0 Å². The summed E-state index contributed by atoms with van der Waals surface area (Å²) in [7, 11) is 0. The molecular weight excluding hydrogens is 306 g/mol. The summed E-state index contributed by atoms with van der Waals surface area (Å²) in [4.78, 5) is 26.4. The van der Waals surface area contributed by atoms with Crippen LogP contribution < -0.4 is 4.90 Å². The van der Waals surface area contributed by atoms with Gasteiger partial charge in [-0.2, -0.15) is 0 Å². The van der Waals surface area contributed by atoms with Gasteiger partial charge in [-0.1, -0.05) is 25.5 Å². The minimum absolute atomic E-state index is 0.0159. The number of hydrogen-bond acceptors (Lipinski definition) is 2. The first kappa shape index (κ1) is 12.9. The molecule has 1 aliphatic carbocycles. The van der Waals surface area contributed by atoms with Crippen LogP contribution in [-0.2, 0) is 9.59 Å². The molecule has 0 radical (unpaired) electrons. The SMILES string of the molecule is CCC1CC2C(=O)N(c3ccccc3Br)C(=O)C2C1. The van der Waals surface area contributed by atoms with Crippen molar-refractivity contribution in [2.45, 2.75) is 26.2 Å². The Morgan fingerprint density at radius 1 is 1.16 bits per heavy atom. The summed E-state index contributed by atoms with van der Waals surface area (Å²) in [6.07, 6.45) is 2.79. The normalized spacial score (nSPS) is 30.0. The number of rotatable bonds is 2. The van der Waals surface area contributed by atoms with Crippen molar-refractivity contribution in [2.75, 3.05) is 4.90 Å². The number of para-hydroxylation sites is 1. The quantitative estimate of drug-likeness (QED) is 0.783. The fraction of sp³-hybridized carbons (Fsp3) is 0.467. The highest BCUT2D eigenvalue weighted by Gasteiger charge is 2.52. The molecule has 0 spiro atoms. The zero-order valence-electron chi connectivity index (χ0n) is 10.8. The van der Waals surface area contributed by atoms with Gasteiger partial charge >= 0.3 is 0 Å². The van der Waals surface area contributed by atoms with Gasteiger partial charge in [-0.3, -0.25) is 9.59 Å². The first-order chi connectivity index (χ1) is 9.13. The molecule has 2 atom stereocenters. The summed E-state index contributed by atoms with van der Waals surface area (Å²) < 4.78 is 0.795. The fourth-order valence-corrected chi connectivity index (χ4v) is 3.80. The molecule has 3 nitrogen and oxygen atoms in total. The monoisotopic (exact) mass is 321 g/mol. The van der Waals surface area contributed by atoms with Crippen LogP contribution in [0.15, 0.2) is 28.7 Å². The Hall–Kier alpha value is -1.16. The molecule has 1 saturated heterocycles. The van der Waals surface area contributed by atoms with E-state index in [1.54, 1.807) is 0 Å². The lowest BCUT2D eigenvalue weighted by molar-refractivity contribution is -0.123. The summed E-state index contributed by atoms with van der Waals surface area (Å²) in [5.74, 6) is 0.314. The number of hydrogen-bond donors (Lipinski definition) is 0. The van der Waals surface area contributed by atoms with Crippen molar-refractivity contribution in [2.24, 2.45) is 17.8 Å². The van der Waals surface area contributed by atoms with Gasteiger partial charge in [-0.15, -0.1) is 0 Å². The number of amides is 2. The van der Waals surface area contributed by atoms with Crippen molar-refractivity contribution in [3.8, 4) is 0 Å². The Morgan fingerprint density at radius 3 is 2.26 bits per heavy atom. The first-order valence-electron chi connectivity index (χ1n) is 6.75. The molecule has 1 aromatic carbocycles. The maximum Gasteiger partial charge on any atom is 0.237 e. The van der Waals surface area contributed by atoms with E-state index in [0.29, 0.717) is 11.6 Å². The Balaban J connectivity index is 1.93. The largest absolute Gasteiger partial charge is 0.274 e. The molecule has 1 saturated carbocycles. The highest BCUT2D eigenvalue weighted by Crippen LogP contribution is 2.46. The van der Waals surface area contributed by atoms with Crippen LogP contribution in [-0.4, -0.2) is 11.8 Å². The van der Waals surface area contributed by atoms with Crippen LogP contribution in [0.1, 0.15) is 26.2 Å². The average Bonchev–Trinajstić information content (AvgIpc) is 2.92. The maximum atomic E-state index is 12.5. The van der Waals surface area contributed by atoms with Crippen LogP contribution in [0.2, 0.25) is 0 Å². The molecule has 1 aliphatic heterocycles. The molecule has 0 N–H and O–H groups in total. The second kappa shape index (κ2) is 4.75. The van der Waals surface area contributed by atoms with Gasteiger partial charge < -0.3 is 0 Å². The lowest BCUT2D eigenvalue weighted by Gasteiger charge is -2.18. The maximum absolute atomic E-state index is 12.5. The summed E-state index contributed by atoms with van der Waals surface area (Å²) in [5, 5.41) is 0. The van der Waals surface area contributed by atoms with Gasteiger partial charge in [0.2, 0.25) is 11.8 Å². The van der Waals surface area contributed by atoms with Gasteiger partial charge in [-0.25, -0.2) is 4.90 Å². The van der Waals surface area contributed by atoms with Crippen LogP contribution >= 0.6 is 15.9 Å². The van der Waals surface area contributed by atoms with E-state index < -0.39 is 0 Å². The van der Waals surface area contributed by atoms with Crippen LogP contribution in [0.25, 0.3) is 0 Å². The van der Waals surface area contributed by atoms with Gasteiger partial charge in [0.05, 0.1) is 17.5 Å². The molecule has 3 rings (SSSR count). The number of nitrogens with zero attached hydrogens (tertiary/aromatic N) is 1. The molecule has 19 heavy (non-hydrogen) atoms. The highest BCUT2D eigenvalue weighted by atomic mass is 79.9. The molecule has 100 valence electrons. The van der Waals surface area contributed by atoms with Crippen molar-refractivity contribution in [3.05, 3.63) is 28.7 Å². The molecule has 2 amide bonds. The van der Waals surface area contributed by atoms with Crippen molar-refractivity contribution in [1.82, 2.24) is 0 Å². The van der Waals surface area contributed by atoms with Gasteiger partial charge in [-0.05, 0) is 46.8 Å². The van der Waals surface area contributed by atoms with Crippen LogP contribution in [0, 0.1) is 17.8 Å². The van der Waals surface area contributed by atoms with Crippen molar-refractivity contribution in [3.63, 3.8) is 0 Å². The first-order valence-corrected chi connectivity index (χ1v) is 7.55. The molecular formula is C15H16BrNO2. The number of imide groups is 1. The van der Waals surface area contributed by atoms with E-state index in [2.05, 4.69) is 22.9 Å². The minimum atomic E-state index is -0.0930. The van der Waals surface area contributed by atoms with Gasteiger partial charge in [0, 0.05) is 4.47 Å². The zero-order chi connectivity index (χ0) is 13.6. The van der Waals surface area contributed by atoms with Crippen molar-refractivity contribution in [1.29, 1.82) is 0 Å². The molecule has 2 aliphatic rings. The molecule has 2 fully saturated rings. The number of fused-ring (bicyclic) bond motifs is 1. The molecule has 2 unspecified atom stereocenters. The lowest BCUT2D eigenvalue weighted by atomic mass is 10.00. The van der Waals surface area contributed by atoms with Gasteiger partial charge in [0.1, 0.15) is 0 Å². The second-order valence-corrected chi connectivity index (χ2v) is 6.28. The summed E-state index contributed by atoms with van der Waals surface area (Å²) >= 11 is 3.42. The van der Waals surface area contributed by atoms with E-state index in [1.807, 2.05) is 24.3 Å². The number of halogens is 1. The lowest BCUT2D eigenvalue weighted by Crippen LogP contribution is -2.32. The van der Waals surface area contributed by atoms with Crippen LogP contribution in [0.5, 0.6) is 0 Å². The molecule has 1 aromatic rings. The molecule has 0 bridgehead atoms. The van der Waals surface area contributed by atoms with E-state index in [0.717, 1.165) is 23.7 Å². The summed E-state index contributed by atoms with van der Waals surface area (Å²) in [5.41, 5.74) is 0.681. The number of benzene rings is 1. The number of carbonyl (C=O) groups excluding carboxylic acids is 2. The number of carbonyl (C=O) groups is 2. The number of anilines is 1. The second-order valence-electron chi connectivity index (χ2n) is 5.42. The Kier molecular flexibility index (Phi) is 3.21. The van der Waals surface area contributed by atoms with Crippen LogP contribution in [0.3, 0.4) is 0 Å². The van der Waals surface area contributed by atoms with E-state index in [9.17, 15) is 9.59 Å². The predicted octanol–water partition coefficient (Wildman–Crippen LogP) is 3.37.